The Bertz CT molecular complexity index is 692. The van der Waals surface area contributed by atoms with E-state index < -0.39 is 0 Å². The molecule has 0 radical (unpaired) electrons. The number of rotatable bonds is 4. The van der Waals surface area contributed by atoms with Gasteiger partial charge < -0.3 is 5.32 Å². The monoisotopic (exact) mass is 266 g/mol. The molecule has 20 heavy (non-hydrogen) atoms. The smallest absolute Gasteiger partial charge is 0.204 e. The van der Waals surface area contributed by atoms with Gasteiger partial charge in [0.2, 0.25) is 5.82 Å². The van der Waals surface area contributed by atoms with Crippen LogP contribution >= 0.6 is 0 Å². The van der Waals surface area contributed by atoms with E-state index in [1.54, 1.807) is 11.0 Å². The lowest BCUT2D eigenvalue weighted by molar-refractivity contribution is 0.572. The van der Waals surface area contributed by atoms with Crippen molar-refractivity contribution < 1.29 is 0 Å². The van der Waals surface area contributed by atoms with Crippen LogP contribution in [-0.2, 0) is 6.54 Å². The molecule has 6 nitrogen and oxygen atoms in total. The summed E-state index contributed by atoms with van der Waals surface area (Å²) in [6, 6.07) is 13.7. The summed E-state index contributed by atoms with van der Waals surface area (Å²) in [6.45, 7) is 0.532. The average Bonchev–Trinajstić information content (AvgIpc) is 2.97. The molecule has 2 heterocycles. The van der Waals surface area contributed by atoms with Crippen LogP contribution in [0.3, 0.4) is 0 Å². The van der Waals surface area contributed by atoms with E-state index >= 15 is 0 Å². The van der Waals surface area contributed by atoms with Gasteiger partial charge in [-0.2, -0.15) is 4.80 Å². The third kappa shape index (κ3) is 2.49. The van der Waals surface area contributed by atoms with Gasteiger partial charge in [-0.25, -0.2) is 4.98 Å². The van der Waals surface area contributed by atoms with E-state index in [4.69, 9.17) is 0 Å². The summed E-state index contributed by atoms with van der Waals surface area (Å²) in [5.74, 6) is 1.45. The molecule has 3 aromatic rings. The molecule has 0 fully saturated rings. The minimum absolute atomic E-state index is 0.532. The van der Waals surface area contributed by atoms with Gasteiger partial charge in [0, 0.05) is 24.4 Å². The maximum absolute atomic E-state index is 4.39. The fourth-order valence-corrected chi connectivity index (χ4v) is 1.96. The van der Waals surface area contributed by atoms with Crippen molar-refractivity contribution in [3.05, 3.63) is 54.2 Å². The van der Waals surface area contributed by atoms with Crippen LogP contribution in [0.4, 0.5) is 5.82 Å². The summed E-state index contributed by atoms with van der Waals surface area (Å²) in [5.41, 5.74) is 1.98. The summed E-state index contributed by atoms with van der Waals surface area (Å²) in [4.78, 5) is 5.83. The fourth-order valence-electron chi connectivity index (χ4n) is 1.96. The molecule has 3 rings (SSSR count). The first kappa shape index (κ1) is 12.3. The topological polar surface area (TPSA) is 68.5 Å². The van der Waals surface area contributed by atoms with E-state index in [9.17, 15) is 0 Å². The molecule has 0 amide bonds. The van der Waals surface area contributed by atoms with Crippen molar-refractivity contribution in [2.75, 3.05) is 12.4 Å². The maximum Gasteiger partial charge on any atom is 0.204 e. The minimum atomic E-state index is 0.532. The van der Waals surface area contributed by atoms with Crippen LogP contribution in [0.1, 0.15) is 5.56 Å². The Morgan fingerprint density at radius 3 is 2.75 bits per heavy atom. The summed E-state index contributed by atoms with van der Waals surface area (Å²) < 4.78 is 0. The molecule has 2 aromatic heterocycles. The summed E-state index contributed by atoms with van der Waals surface area (Å²) in [6.07, 6.45) is 1.75. The van der Waals surface area contributed by atoms with E-state index in [2.05, 4.69) is 25.7 Å². The molecule has 0 unspecified atom stereocenters. The van der Waals surface area contributed by atoms with Crippen molar-refractivity contribution in [2.45, 2.75) is 6.54 Å². The Balaban J connectivity index is 1.84. The van der Waals surface area contributed by atoms with E-state index in [0.29, 0.717) is 12.4 Å². The summed E-state index contributed by atoms with van der Waals surface area (Å²) in [7, 11) is 1.84. The molecule has 0 spiro atoms. The lowest BCUT2D eigenvalue weighted by Gasteiger charge is -2.05. The van der Waals surface area contributed by atoms with Crippen molar-refractivity contribution in [1.82, 2.24) is 25.2 Å². The number of pyridine rings is 1. The third-order valence-electron chi connectivity index (χ3n) is 2.92. The first-order valence-corrected chi connectivity index (χ1v) is 6.31. The van der Waals surface area contributed by atoms with Crippen molar-refractivity contribution in [3.63, 3.8) is 0 Å². The molecule has 1 aromatic carbocycles. The second-order valence-electron chi connectivity index (χ2n) is 4.27. The Morgan fingerprint density at radius 1 is 1.10 bits per heavy atom. The zero-order chi connectivity index (χ0) is 13.8. The largest absolute Gasteiger partial charge is 0.373 e. The second kappa shape index (κ2) is 5.48. The standard InChI is InChI=1S/C14H14N6/c1-15-13-12(8-5-9-16-13)10-20-18-14(17-19-20)11-6-3-2-4-7-11/h2-9H,10H2,1H3,(H,15,16). The molecule has 0 aliphatic rings. The zero-order valence-corrected chi connectivity index (χ0v) is 11.1. The van der Waals surface area contributed by atoms with Gasteiger partial charge in [0.25, 0.3) is 0 Å². The van der Waals surface area contributed by atoms with Crippen molar-refractivity contribution in [2.24, 2.45) is 0 Å². The summed E-state index contributed by atoms with van der Waals surface area (Å²) in [5, 5.41) is 15.6. The lowest BCUT2D eigenvalue weighted by Crippen LogP contribution is -2.07. The quantitative estimate of drug-likeness (QED) is 0.780. The van der Waals surface area contributed by atoms with Gasteiger partial charge in [-0.1, -0.05) is 36.4 Å². The Kier molecular flexibility index (Phi) is 3.36. The molecule has 0 aliphatic carbocycles. The molecule has 0 aliphatic heterocycles. The van der Waals surface area contributed by atoms with Gasteiger partial charge in [-0.05, 0) is 11.3 Å². The van der Waals surface area contributed by atoms with Gasteiger partial charge >= 0.3 is 0 Å². The van der Waals surface area contributed by atoms with Gasteiger partial charge in [0.05, 0.1) is 6.54 Å². The predicted octanol–water partition coefficient (Wildman–Crippen LogP) is 1.83. The van der Waals surface area contributed by atoms with Crippen LogP contribution in [0.2, 0.25) is 0 Å². The lowest BCUT2D eigenvalue weighted by atomic mass is 10.2. The van der Waals surface area contributed by atoms with Crippen LogP contribution in [0.5, 0.6) is 0 Å². The Hall–Kier alpha value is -2.76. The third-order valence-corrected chi connectivity index (χ3v) is 2.92. The van der Waals surface area contributed by atoms with Crippen LogP contribution in [0.25, 0.3) is 11.4 Å². The van der Waals surface area contributed by atoms with Crippen LogP contribution < -0.4 is 5.32 Å². The number of nitrogens with zero attached hydrogens (tertiary/aromatic N) is 5. The van der Waals surface area contributed by atoms with Crippen LogP contribution in [-0.4, -0.2) is 32.2 Å². The van der Waals surface area contributed by atoms with Gasteiger partial charge in [0.15, 0.2) is 0 Å². The van der Waals surface area contributed by atoms with Crippen LogP contribution in [0, 0.1) is 0 Å². The van der Waals surface area contributed by atoms with E-state index in [1.165, 1.54) is 0 Å². The number of anilines is 1. The van der Waals surface area contributed by atoms with E-state index in [0.717, 1.165) is 16.9 Å². The van der Waals surface area contributed by atoms with Crippen molar-refractivity contribution >= 4 is 5.82 Å². The molecule has 0 bridgehead atoms. The first-order chi connectivity index (χ1) is 9.86. The maximum atomic E-state index is 4.39. The highest BCUT2D eigenvalue weighted by Gasteiger charge is 2.08. The molecule has 100 valence electrons. The highest BCUT2D eigenvalue weighted by Crippen LogP contribution is 2.14. The van der Waals surface area contributed by atoms with Crippen molar-refractivity contribution in [3.8, 4) is 11.4 Å². The number of hydrogen-bond donors (Lipinski definition) is 1. The number of nitrogens with one attached hydrogen (secondary N) is 1. The summed E-state index contributed by atoms with van der Waals surface area (Å²) >= 11 is 0. The highest BCUT2D eigenvalue weighted by atomic mass is 15.6. The van der Waals surface area contributed by atoms with Gasteiger partial charge in [-0.3, -0.25) is 0 Å². The van der Waals surface area contributed by atoms with E-state index in [1.807, 2.05) is 49.5 Å². The molecular formula is C14H14N6. The number of aromatic nitrogens is 5. The Labute approximate surface area is 116 Å². The number of benzene rings is 1. The highest BCUT2D eigenvalue weighted by molar-refractivity contribution is 5.53. The fraction of sp³-hybridized carbons (Fsp3) is 0.143. The normalized spacial score (nSPS) is 10.4. The van der Waals surface area contributed by atoms with Gasteiger partial charge in [-0.15, -0.1) is 10.2 Å². The zero-order valence-electron chi connectivity index (χ0n) is 11.1. The number of tetrazole rings is 1. The molecular weight excluding hydrogens is 252 g/mol. The molecule has 0 saturated heterocycles. The predicted molar refractivity (Wildman–Crippen MR) is 76.1 cm³/mol. The second-order valence-corrected chi connectivity index (χ2v) is 4.27. The molecule has 1 N–H and O–H groups in total. The van der Waals surface area contributed by atoms with Crippen molar-refractivity contribution in [1.29, 1.82) is 0 Å². The molecule has 6 heteroatoms. The Morgan fingerprint density at radius 2 is 1.95 bits per heavy atom. The van der Waals surface area contributed by atoms with Crippen LogP contribution in [0.15, 0.2) is 48.7 Å². The SMILES string of the molecule is CNc1ncccc1Cn1nnc(-c2ccccc2)n1. The van der Waals surface area contributed by atoms with E-state index in [-0.39, 0.29) is 0 Å². The minimum Gasteiger partial charge on any atom is -0.373 e. The average molecular weight is 266 g/mol. The molecule has 0 saturated carbocycles. The molecule has 0 atom stereocenters. The number of hydrogen-bond acceptors (Lipinski definition) is 5. The van der Waals surface area contributed by atoms with Gasteiger partial charge in [0.1, 0.15) is 5.82 Å². The first-order valence-electron chi connectivity index (χ1n) is 6.31.